The van der Waals surface area contributed by atoms with Crippen molar-refractivity contribution in [1.82, 2.24) is 0 Å². The van der Waals surface area contributed by atoms with E-state index in [1.165, 1.54) is 10.9 Å². The van der Waals surface area contributed by atoms with Gasteiger partial charge in [-0.05, 0) is 187 Å². The molecule has 0 N–H and O–H groups in total. The highest BCUT2D eigenvalue weighted by Crippen LogP contribution is 2.52. The molecule has 0 radical (unpaired) electrons. The van der Waals surface area contributed by atoms with Gasteiger partial charge < -0.3 is 56.9 Å². The van der Waals surface area contributed by atoms with Gasteiger partial charge in [-0.15, -0.1) is 0 Å². The summed E-state index contributed by atoms with van der Waals surface area (Å²) in [4.78, 5) is 9.26. The highest BCUT2D eigenvalue weighted by molar-refractivity contribution is 7.02. The molecule has 28 rings (SSSR count). The summed E-state index contributed by atoms with van der Waals surface area (Å²) in [6, 6.07) is 130. The fourth-order valence-electron chi connectivity index (χ4n) is 21.0. The molecule has 0 unspecified atom stereocenters. The maximum Gasteiger partial charge on any atom is 0.256 e. The zero-order valence-corrected chi connectivity index (χ0v) is 68.4. The lowest BCUT2D eigenvalue weighted by Crippen LogP contribution is -2.59. The van der Waals surface area contributed by atoms with Crippen LogP contribution in [0.5, 0.6) is 69.0 Å². The highest BCUT2D eigenvalue weighted by Gasteiger charge is 2.49. The predicted octanol–water partition coefficient (Wildman–Crippen LogP) is 21.7. The largest absolute Gasteiger partial charge is 0.458 e. The molecule has 2 aromatic heterocycles. The topological polar surface area (TPSA) is 94.6 Å². The van der Waals surface area contributed by atoms with E-state index in [-0.39, 0.29) is 26.9 Å². The Morgan fingerprint density at radius 2 is 0.437 bits per heavy atom. The smallest absolute Gasteiger partial charge is 0.256 e. The standard InChI is InChI=1S/C60H36B2N2O5.C48H26B2Cl2N2O3/c1-5-17-37(18-6-1)63-49-35-55-43(33-47(49)61-45-25-13-15-27-53(45)67-57-31-41(29-51(63)59(57)61)65-39-21-9-3-10-22-39)44-34-48-50(36-56(44)69-55)64(38-19-7-2-8-20-38)52-30-42(66-40-23-11-4-12-24-40)32-58-60(52)62(48)46-26-14-16-28-54(46)68-58;51-27-19-39-47-45(21-27)55-41-17-9-7-15-33(41)49(47)35-23-31-32-24-36-38(26-44(32)57-43(31)25-37(35)53(39)29-11-3-1-4-12-29)54(30-13-5-2-6-14-30)40-20-28(52)22-46-48(40)50(36)34-16-8-10-18-42(34)56-46/h1-36H;1-26H. The van der Waals surface area contributed by atoms with Crippen molar-refractivity contribution < 1.29 is 37.3 Å². The van der Waals surface area contributed by atoms with E-state index in [4.69, 9.17) is 60.5 Å². The molecule has 0 saturated heterocycles. The van der Waals surface area contributed by atoms with Crippen LogP contribution in [0.2, 0.25) is 10.0 Å². The van der Waals surface area contributed by atoms with Gasteiger partial charge in [0.25, 0.3) is 26.9 Å². The van der Waals surface area contributed by atoms with E-state index in [0.29, 0.717) is 21.5 Å². The third kappa shape index (κ3) is 10.8. The molecule has 588 valence electrons. The minimum atomic E-state index is -0.134. The monoisotopic (exact) mass is 1660 g/mol. The van der Waals surface area contributed by atoms with Gasteiger partial charge in [0.05, 0.1) is 0 Å². The van der Waals surface area contributed by atoms with E-state index in [2.05, 4.69) is 262 Å². The SMILES string of the molecule is Clc1cc2c3c(c1)N(c1ccccc1)c1cc4oc5cc6c(cc5c4cc1B3c1ccccc1O2)B1c2ccccc2Oc2cc(Cl)cc(c21)N6c1ccccc1.c1ccc(Oc2cc3c4c(c2)N(c2ccccc2)c2cc5oc6cc7c(cc6c5cc2B4c2ccccc2O3)B2c3ccccc3Oc3cc(Oc4ccccc4)cc(c32)N7c2ccccc2)cc1. The normalized spacial score (nSPS) is 13.6. The third-order valence-corrected chi connectivity index (χ3v) is 26.5. The van der Waals surface area contributed by atoms with Crippen molar-refractivity contribution in [2.45, 2.75) is 0 Å². The van der Waals surface area contributed by atoms with Crippen LogP contribution in [-0.4, -0.2) is 26.9 Å². The van der Waals surface area contributed by atoms with Crippen molar-refractivity contribution in [2.75, 3.05) is 19.6 Å². The highest BCUT2D eigenvalue weighted by atomic mass is 35.5. The van der Waals surface area contributed by atoms with Crippen molar-refractivity contribution in [3.63, 3.8) is 0 Å². The van der Waals surface area contributed by atoms with Gasteiger partial charge >= 0.3 is 0 Å². The molecule has 18 aromatic carbocycles. The number of halogens is 2. The number of anilines is 12. The second-order valence-electron chi connectivity index (χ2n) is 33.0. The Hall–Kier alpha value is -15.6. The second kappa shape index (κ2) is 27.5. The van der Waals surface area contributed by atoms with Crippen LogP contribution in [0.15, 0.2) is 385 Å². The van der Waals surface area contributed by atoms with Gasteiger partial charge in [0, 0.05) is 148 Å². The van der Waals surface area contributed by atoms with Crippen molar-refractivity contribution >= 4 is 228 Å². The number of para-hydroxylation sites is 10. The Kier molecular flexibility index (Phi) is 15.5. The van der Waals surface area contributed by atoms with Crippen molar-refractivity contribution in [1.29, 1.82) is 0 Å². The predicted molar refractivity (Wildman–Crippen MR) is 514 cm³/mol. The lowest BCUT2D eigenvalue weighted by atomic mass is 9.34. The van der Waals surface area contributed by atoms with Gasteiger partial charge in [0.1, 0.15) is 91.3 Å². The molecule has 0 atom stereocenters. The fourth-order valence-corrected chi connectivity index (χ4v) is 21.4. The van der Waals surface area contributed by atoms with Crippen molar-refractivity contribution in [2.24, 2.45) is 0 Å². The molecule has 8 aliphatic rings. The number of ether oxygens (including phenoxy) is 6. The number of rotatable bonds is 8. The van der Waals surface area contributed by atoms with E-state index < -0.39 is 0 Å². The van der Waals surface area contributed by atoms with Crippen molar-refractivity contribution in [3.05, 3.63) is 386 Å². The zero-order chi connectivity index (χ0) is 82.7. The third-order valence-electron chi connectivity index (χ3n) is 26.0. The van der Waals surface area contributed by atoms with Gasteiger partial charge in [0.2, 0.25) is 0 Å². The van der Waals surface area contributed by atoms with Gasteiger partial charge in [-0.3, -0.25) is 0 Å². The number of furan rings is 2. The molecule has 0 fully saturated rings. The van der Waals surface area contributed by atoms with Crippen LogP contribution < -0.4 is 114 Å². The summed E-state index contributed by atoms with van der Waals surface area (Å²) < 4.78 is 54.1. The Labute approximate surface area is 734 Å². The lowest BCUT2D eigenvalue weighted by Gasteiger charge is -2.40. The summed E-state index contributed by atoms with van der Waals surface area (Å²) in [6.07, 6.45) is 0. The molecular weight excluding hydrogens is 1600 g/mol. The fraction of sp³-hybridized carbons (Fsp3) is 0. The van der Waals surface area contributed by atoms with Crippen LogP contribution in [0.4, 0.5) is 68.2 Å². The van der Waals surface area contributed by atoms with Gasteiger partial charge in [-0.1, -0.05) is 229 Å². The summed E-state index contributed by atoms with van der Waals surface area (Å²) >= 11 is 13.7. The van der Waals surface area contributed by atoms with E-state index in [1.807, 2.05) is 133 Å². The average molecular weight is 1660 g/mol. The van der Waals surface area contributed by atoms with E-state index in [9.17, 15) is 0 Å². The van der Waals surface area contributed by atoms with Crippen LogP contribution in [0.3, 0.4) is 0 Å². The Balaban J connectivity index is 0.000000133. The molecule has 0 bridgehead atoms. The molecule has 18 heteroatoms. The van der Waals surface area contributed by atoms with Gasteiger partial charge in [-0.25, -0.2) is 0 Å². The van der Waals surface area contributed by atoms with Gasteiger partial charge in [-0.2, -0.15) is 0 Å². The van der Waals surface area contributed by atoms with E-state index in [0.717, 1.165) is 224 Å². The first-order valence-corrected chi connectivity index (χ1v) is 43.1. The van der Waals surface area contributed by atoms with Crippen LogP contribution in [0.25, 0.3) is 43.9 Å². The Morgan fingerprint density at radius 3 is 0.714 bits per heavy atom. The molecular formula is C108H62B4Cl2N4O8. The van der Waals surface area contributed by atoms with E-state index in [1.54, 1.807) is 0 Å². The van der Waals surface area contributed by atoms with Crippen LogP contribution in [0.1, 0.15) is 0 Å². The molecule has 20 aromatic rings. The molecule has 0 amide bonds. The number of fused-ring (bicyclic) bond motifs is 22. The van der Waals surface area contributed by atoms with E-state index >= 15 is 0 Å². The molecule has 0 spiro atoms. The lowest BCUT2D eigenvalue weighted by molar-refractivity contribution is 0.462. The quantitative estimate of drug-likeness (QED) is 0.136. The van der Waals surface area contributed by atoms with Crippen molar-refractivity contribution in [3.8, 4) is 69.0 Å². The molecule has 12 nitrogen and oxygen atoms in total. The summed E-state index contributed by atoms with van der Waals surface area (Å²) in [5.74, 6) is 9.29. The molecule has 126 heavy (non-hydrogen) atoms. The molecule has 10 heterocycles. The minimum absolute atomic E-state index is 0.0886. The first kappa shape index (κ1) is 71.0. The van der Waals surface area contributed by atoms with Gasteiger partial charge in [0.15, 0.2) is 0 Å². The summed E-state index contributed by atoms with van der Waals surface area (Å²) in [7, 11) is 0. The number of benzene rings is 18. The second-order valence-corrected chi connectivity index (χ2v) is 33.9. The average Bonchev–Trinajstić information content (AvgIpc) is 1.34. The first-order valence-electron chi connectivity index (χ1n) is 42.3. The number of hydrogen-bond acceptors (Lipinski definition) is 12. The molecule has 0 aliphatic carbocycles. The van der Waals surface area contributed by atoms with Crippen LogP contribution >= 0.6 is 23.2 Å². The summed E-state index contributed by atoms with van der Waals surface area (Å²) in [5.41, 5.74) is 28.9. The number of hydrogen-bond donors (Lipinski definition) is 0. The summed E-state index contributed by atoms with van der Waals surface area (Å²) in [5, 5.41) is 5.42. The van der Waals surface area contributed by atoms with Crippen LogP contribution in [-0.2, 0) is 0 Å². The maximum atomic E-state index is 7.13. The van der Waals surface area contributed by atoms with Crippen LogP contribution in [0, 0.1) is 0 Å². The molecule has 8 aliphatic heterocycles. The minimum Gasteiger partial charge on any atom is -0.458 e. The number of nitrogens with zero attached hydrogens (tertiary/aromatic N) is 4. The maximum absolute atomic E-state index is 7.13. The summed E-state index contributed by atoms with van der Waals surface area (Å²) in [6.45, 7) is -0.445. The Bertz CT molecular complexity index is 7570. The zero-order valence-electron chi connectivity index (χ0n) is 66.9. The Morgan fingerprint density at radius 1 is 0.198 bits per heavy atom. The first-order chi connectivity index (χ1) is 62.2. The molecule has 0 saturated carbocycles.